The third kappa shape index (κ3) is 3.06. The summed E-state index contributed by atoms with van der Waals surface area (Å²) in [6.07, 6.45) is 3.63. The molecule has 2 aromatic heterocycles. The lowest BCUT2D eigenvalue weighted by molar-refractivity contribution is 0.150. The molecule has 5 rings (SSSR count). The fourth-order valence-corrected chi connectivity index (χ4v) is 4.12. The summed E-state index contributed by atoms with van der Waals surface area (Å²) in [7, 11) is 1.74. The Bertz CT molecular complexity index is 1390. The fourth-order valence-electron chi connectivity index (χ4n) is 4.12. The second kappa shape index (κ2) is 6.91. The molecule has 6 nitrogen and oxygen atoms in total. The van der Waals surface area contributed by atoms with Gasteiger partial charge in [0.25, 0.3) is 5.56 Å². The molecule has 6 heteroatoms. The first-order valence-electron chi connectivity index (χ1n) is 9.89. The molecule has 2 aromatic carbocycles. The van der Waals surface area contributed by atoms with Gasteiger partial charge in [0.1, 0.15) is 0 Å². The van der Waals surface area contributed by atoms with Crippen LogP contribution in [0.1, 0.15) is 12.0 Å². The molecule has 0 bridgehead atoms. The molecule has 0 saturated carbocycles. The number of nitrogens with zero attached hydrogens (tertiary/aromatic N) is 2. The van der Waals surface area contributed by atoms with E-state index < -0.39 is 6.09 Å². The summed E-state index contributed by atoms with van der Waals surface area (Å²) in [5.74, 6) is 0. The van der Waals surface area contributed by atoms with Crippen LogP contribution in [0.2, 0.25) is 0 Å². The first-order chi connectivity index (χ1) is 14.5. The van der Waals surface area contributed by atoms with E-state index in [9.17, 15) is 9.59 Å². The van der Waals surface area contributed by atoms with E-state index in [4.69, 9.17) is 5.11 Å². The van der Waals surface area contributed by atoms with Crippen LogP contribution in [0, 0.1) is 0 Å². The van der Waals surface area contributed by atoms with Crippen LogP contribution >= 0.6 is 0 Å². The zero-order valence-electron chi connectivity index (χ0n) is 16.6. The summed E-state index contributed by atoms with van der Waals surface area (Å²) < 4.78 is 1.56. The van der Waals surface area contributed by atoms with Crippen molar-refractivity contribution in [1.82, 2.24) is 14.5 Å². The predicted octanol–water partition coefficient (Wildman–Crippen LogP) is 4.45. The smallest absolute Gasteiger partial charge is 0.407 e. The Morgan fingerprint density at radius 3 is 2.50 bits per heavy atom. The Kier molecular flexibility index (Phi) is 4.20. The number of nitrogens with one attached hydrogen (secondary N) is 1. The number of fused-ring (bicyclic) bond motifs is 3. The van der Waals surface area contributed by atoms with Gasteiger partial charge < -0.3 is 19.6 Å². The highest BCUT2D eigenvalue weighted by Crippen LogP contribution is 2.32. The summed E-state index contributed by atoms with van der Waals surface area (Å²) >= 11 is 0. The minimum absolute atomic E-state index is 0.0314. The van der Waals surface area contributed by atoms with E-state index in [1.807, 2.05) is 18.2 Å². The quantitative estimate of drug-likeness (QED) is 0.523. The molecule has 0 radical (unpaired) electrons. The molecule has 0 spiro atoms. The van der Waals surface area contributed by atoms with Gasteiger partial charge in [-0.1, -0.05) is 24.3 Å². The number of pyridine rings is 1. The van der Waals surface area contributed by atoms with E-state index in [-0.39, 0.29) is 5.56 Å². The molecule has 0 unspecified atom stereocenters. The summed E-state index contributed by atoms with van der Waals surface area (Å²) in [6.45, 7) is 0.948. The average molecular weight is 399 g/mol. The lowest BCUT2D eigenvalue weighted by Gasteiger charge is -2.23. The van der Waals surface area contributed by atoms with Crippen molar-refractivity contribution < 1.29 is 9.90 Å². The molecule has 4 aromatic rings. The average Bonchev–Trinajstić information content (AvgIpc) is 3.12. The van der Waals surface area contributed by atoms with Crippen molar-refractivity contribution in [2.24, 2.45) is 7.05 Å². The number of amides is 1. The number of hydrogen-bond acceptors (Lipinski definition) is 2. The standard InChI is InChI=1S/C24H21N3O3/c1-26-9-6-18(14-23(26)28)17-2-4-19-20-12-16(3-5-21(20)25-22(19)13-17)15-7-10-27(11-8-15)24(29)30/h2-7,9,12-14,25H,8,10-11H2,1H3,(H,29,30). The monoisotopic (exact) mass is 399 g/mol. The predicted molar refractivity (Wildman–Crippen MR) is 119 cm³/mol. The molecular weight excluding hydrogens is 378 g/mol. The Balaban J connectivity index is 1.54. The van der Waals surface area contributed by atoms with Gasteiger partial charge in [0.15, 0.2) is 0 Å². The van der Waals surface area contributed by atoms with Gasteiger partial charge in [-0.2, -0.15) is 0 Å². The number of carboxylic acid groups (broad SMARTS) is 1. The van der Waals surface area contributed by atoms with Crippen molar-refractivity contribution in [3.05, 3.63) is 76.7 Å². The number of hydrogen-bond donors (Lipinski definition) is 2. The summed E-state index contributed by atoms with van der Waals surface area (Å²) in [5.41, 5.74) is 6.25. The molecule has 0 aliphatic carbocycles. The third-order valence-electron chi connectivity index (χ3n) is 5.89. The van der Waals surface area contributed by atoms with Crippen molar-refractivity contribution >= 4 is 33.5 Å². The van der Waals surface area contributed by atoms with Crippen LogP contribution in [0.4, 0.5) is 4.79 Å². The molecule has 2 N–H and O–H groups in total. The van der Waals surface area contributed by atoms with E-state index in [1.54, 1.807) is 23.9 Å². The SMILES string of the molecule is Cn1ccc(-c2ccc3c(c2)[nH]c2ccc(C4=CCN(C(=O)O)CC4)cc23)cc1=O. The molecule has 1 aliphatic rings. The summed E-state index contributed by atoms with van der Waals surface area (Å²) in [4.78, 5) is 28.0. The van der Waals surface area contributed by atoms with Crippen LogP contribution in [0.3, 0.4) is 0 Å². The zero-order chi connectivity index (χ0) is 20.8. The largest absolute Gasteiger partial charge is 0.465 e. The summed E-state index contributed by atoms with van der Waals surface area (Å²) in [6, 6.07) is 16.1. The molecule has 1 aliphatic heterocycles. The van der Waals surface area contributed by atoms with E-state index in [0.717, 1.165) is 38.5 Å². The number of aromatic amines is 1. The second-order valence-electron chi connectivity index (χ2n) is 7.72. The molecule has 30 heavy (non-hydrogen) atoms. The first kappa shape index (κ1) is 18.2. The highest BCUT2D eigenvalue weighted by atomic mass is 16.4. The van der Waals surface area contributed by atoms with E-state index in [1.165, 1.54) is 10.5 Å². The lowest BCUT2D eigenvalue weighted by atomic mass is 9.97. The number of aromatic nitrogens is 2. The van der Waals surface area contributed by atoms with Gasteiger partial charge in [-0.3, -0.25) is 4.79 Å². The van der Waals surface area contributed by atoms with Crippen LogP contribution in [0.15, 0.2) is 65.6 Å². The van der Waals surface area contributed by atoms with Gasteiger partial charge >= 0.3 is 6.09 Å². The van der Waals surface area contributed by atoms with Gasteiger partial charge in [0.05, 0.1) is 0 Å². The van der Waals surface area contributed by atoms with E-state index in [0.29, 0.717) is 19.5 Å². The number of benzene rings is 2. The molecule has 150 valence electrons. The molecule has 0 fully saturated rings. The minimum atomic E-state index is -0.871. The Hall–Kier alpha value is -3.80. The van der Waals surface area contributed by atoms with Crippen LogP contribution in [-0.4, -0.2) is 38.7 Å². The Labute approximate surface area is 172 Å². The normalized spacial score (nSPS) is 14.3. The van der Waals surface area contributed by atoms with Crippen molar-refractivity contribution in [3.8, 4) is 11.1 Å². The minimum Gasteiger partial charge on any atom is -0.465 e. The molecule has 0 saturated heterocycles. The maximum atomic E-state index is 12.0. The van der Waals surface area contributed by atoms with Crippen LogP contribution in [0.25, 0.3) is 38.5 Å². The number of H-pyrrole nitrogens is 1. The molecule has 1 amide bonds. The van der Waals surface area contributed by atoms with Crippen molar-refractivity contribution in [3.63, 3.8) is 0 Å². The third-order valence-corrected chi connectivity index (χ3v) is 5.89. The topological polar surface area (TPSA) is 78.3 Å². The second-order valence-corrected chi connectivity index (χ2v) is 7.72. The van der Waals surface area contributed by atoms with Crippen LogP contribution in [-0.2, 0) is 7.05 Å². The highest BCUT2D eigenvalue weighted by Gasteiger charge is 2.17. The van der Waals surface area contributed by atoms with Gasteiger partial charge in [0, 0.05) is 54.2 Å². The van der Waals surface area contributed by atoms with Crippen LogP contribution < -0.4 is 5.56 Å². The van der Waals surface area contributed by atoms with Gasteiger partial charge in [0.2, 0.25) is 0 Å². The van der Waals surface area contributed by atoms with Crippen molar-refractivity contribution in [1.29, 1.82) is 0 Å². The number of carbonyl (C=O) groups is 1. The van der Waals surface area contributed by atoms with Gasteiger partial charge in [-0.15, -0.1) is 0 Å². The highest BCUT2D eigenvalue weighted by molar-refractivity contribution is 6.09. The maximum Gasteiger partial charge on any atom is 0.407 e. The van der Waals surface area contributed by atoms with Crippen molar-refractivity contribution in [2.45, 2.75) is 6.42 Å². The Morgan fingerprint density at radius 1 is 0.967 bits per heavy atom. The van der Waals surface area contributed by atoms with Gasteiger partial charge in [-0.25, -0.2) is 4.79 Å². The van der Waals surface area contributed by atoms with Gasteiger partial charge in [-0.05, 0) is 52.9 Å². The summed E-state index contributed by atoms with van der Waals surface area (Å²) in [5, 5.41) is 11.4. The fraction of sp³-hybridized carbons (Fsp3) is 0.167. The zero-order valence-corrected chi connectivity index (χ0v) is 16.6. The Morgan fingerprint density at radius 2 is 1.77 bits per heavy atom. The lowest BCUT2D eigenvalue weighted by Crippen LogP contribution is -2.33. The molecule has 0 atom stereocenters. The van der Waals surface area contributed by atoms with Crippen molar-refractivity contribution in [2.75, 3.05) is 13.1 Å². The molecule has 3 heterocycles. The molecular formula is C24H21N3O3. The van der Waals surface area contributed by atoms with E-state index >= 15 is 0 Å². The van der Waals surface area contributed by atoms with Crippen LogP contribution in [0.5, 0.6) is 0 Å². The number of aryl methyl sites for hydroxylation is 1. The first-order valence-corrected chi connectivity index (χ1v) is 9.89. The van der Waals surface area contributed by atoms with E-state index in [2.05, 4.69) is 35.3 Å². The number of rotatable bonds is 2. The maximum absolute atomic E-state index is 12.0.